The molecule has 3 heterocycles. The molecule has 5 aliphatic rings. The Morgan fingerprint density at radius 2 is 2.19 bits per heavy atom. The first-order valence-electron chi connectivity index (χ1n) is 9.96. The number of piperidine rings is 1. The second kappa shape index (κ2) is 4.66. The van der Waals surface area contributed by atoms with Crippen LogP contribution in [0.3, 0.4) is 0 Å². The number of phenols is 1. The van der Waals surface area contributed by atoms with Gasteiger partial charge in [0.2, 0.25) is 0 Å². The Kier molecular flexibility index (Phi) is 2.75. The first-order chi connectivity index (χ1) is 13.0. The summed E-state index contributed by atoms with van der Waals surface area (Å²) in [4.78, 5) is 29.2. The molecule has 27 heavy (non-hydrogen) atoms. The molecule has 6 heteroatoms. The van der Waals surface area contributed by atoms with E-state index in [1.165, 1.54) is 7.11 Å². The summed E-state index contributed by atoms with van der Waals surface area (Å²) in [7, 11) is 1.42. The van der Waals surface area contributed by atoms with Crippen LogP contribution in [-0.4, -0.2) is 53.5 Å². The maximum Gasteiger partial charge on any atom is 0.332 e. The molecule has 1 spiro atoms. The molecule has 2 saturated heterocycles. The molecule has 2 aliphatic carbocycles. The number of carbonyl (C=O) groups excluding carboxylic acids is 2. The lowest BCUT2D eigenvalue weighted by Crippen LogP contribution is -2.75. The zero-order valence-electron chi connectivity index (χ0n) is 15.5. The van der Waals surface area contributed by atoms with Gasteiger partial charge >= 0.3 is 5.97 Å². The first-order valence-corrected chi connectivity index (χ1v) is 9.96. The molecule has 4 bridgehead atoms. The molecule has 0 aromatic heterocycles. The molecule has 0 radical (unpaired) electrons. The van der Waals surface area contributed by atoms with E-state index in [4.69, 9.17) is 4.74 Å². The van der Waals surface area contributed by atoms with E-state index >= 15 is 0 Å². The Balaban J connectivity index is 1.72. The Morgan fingerprint density at radius 3 is 3.00 bits per heavy atom. The fourth-order valence-electron chi connectivity index (χ4n) is 7.82. The zero-order valence-corrected chi connectivity index (χ0v) is 15.5. The molecule has 0 amide bonds. The lowest BCUT2D eigenvalue weighted by atomic mass is 9.41. The SMILES string of the molecule is COC(=O)[C@@]12CC[C@]34CCCN5CC(C(=O)C3)[C@]1(c1cccc(O)c1N2)[C@@H]54. The van der Waals surface area contributed by atoms with E-state index in [-0.39, 0.29) is 34.9 Å². The minimum absolute atomic E-state index is 0.0609. The number of fused-ring (bicyclic) bond motifs is 1. The number of nitrogens with one attached hydrogen (secondary N) is 1. The van der Waals surface area contributed by atoms with Crippen LogP contribution in [0.5, 0.6) is 5.75 Å². The number of hydrogen-bond donors (Lipinski definition) is 2. The predicted molar refractivity (Wildman–Crippen MR) is 97.5 cm³/mol. The van der Waals surface area contributed by atoms with Gasteiger partial charge in [-0.15, -0.1) is 0 Å². The van der Waals surface area contributed by atoms with E-state index < -0.39 is 11.0 Å². The quantitative estimate of drug-likeness (QED) is 0.581. The maximum atomic E-state index is 13.4. The van der Waals surface area contributed by atoms with E-state index in [1.807, 2.05) is 12.1 Å². The van der Waals surface area contributed by atoms with Gasteiger partial charge in [0.15, 0.2) is 0 Å². The highest BCUT2D eigenvalue weighted by atomic mass is 16.5. The Hall–Kier alpha value is -2.08. The molecular weight excluding hydrogens is 344 g/mol. The monoisotopic (exact) mass is 368 g/mol. The van der Waals surface area contributed by atoms with E-state index in [1.54, 1.807) is 6.07 Å². The minimum Gasteiger partial charge on any atom is -0.506 e. The number of phenolic OH excluding ortho intramolecular Hbond substituents is 1. The minimum atomic E-state index is -0.982. The Bertz CT molecular complexity index is 900. The van der Waals surface area contributed by atoms with Crippen LogP contribution >= 0.6 is 0 Å². The van der Waals surface area contributed by atoms with Gasteiger partial charge in [0.1, 0.15) is 17.1 Å². The van der Waals surface area contributed by atoms with Crippen molar-refractivity contribution in [2.24, 2.45) is 11.3 Å². The summed E-state index contributed by atoms with van der Waals surface area (Å²) in [6.07, 6.45) is 4.26. The van der Waals surface area contributed by atoms with E-state index in [9.17, 15) is 14.7 Å². The van der Waals surface area contributed by atoms with Crippen molar-refractivity contribution >= 4 is 17.4 Å². The van der Waals surface area contributed by atoms with E-state index in [0.717, 1.165) is 31.4 Å². The van der Waals surface area contributed by atoms with Crippen molar-refractivity contribution in [1.82, 2.24) is 4.90 Å². The number of benzene rings is 1. The second-order valence-electron chi connectivity index (χ2n) is 9.15. The number of hydrogen-bond acceptors (Lipinski definition) is 6. The Morgan fingerprint density at radius 1 is 1.33 bits per heavy atom. The van der Waals surface area contributed by atoms with Gasteiger partial charge in [0, 0.05) is 24.9 Å². The molecule has 142 valence electrons. The number of methoxy groups -OCH3 is 1. The first kappa shape index (κ1) is 15.9. The van der Waals surface area contributed by atoms with Crippen LogP contribution in [0.25, 0.3) is 0 Å². The number of ketones is 1. The van der Waals surface area contributed by atoms with E-state index in [2.05, 4.69) is 10.2 Å². The van der Waals surface area contributed by atoms with Crippen LogP contribution in [0.2, 0.25) is 0 Å². The summed E-state index contributed by atoms with van der Waals surface area (Å²) < 4.78 is 5.32. The number of aromatic hydroxyl groups is 1. The van der Waals surface area contributed by atoms with Crippen LogP contribution in [0.4, 0.5) is 5.69 Å². The van der Waals surface area contributed by atoms with Gasteiger partial charge in [-0.3, -0.25) is 9.69 Å². The third kappa shape index (κ3) is 1.45. The lowest BCUT2D eigenvalue weighted by Gasteiger charge is -2.63. The molecule has 5 atom stereocenters. The fourth-order valence-corrected chi connectivity index (χ4v) is 7.82. The highest BCUT2D eigenvalue weighted by Crippen LogP contribution is 2.72. The van der Waals surface area contributed by atoms with Crippen molar-refractivity contribution in [3.05, 3.63) is 23.8 Å². The van der Waals surface area contributed by atoms with Crippen LogP contribution in [0.15, 0.2) is 18.2 Å². The van der Waals surface area contributed by atoms with Crippen molar-refractivity contribution in [1.29, 1.82) is 0 Å². The highest BCUT2D eigenvalue weighted by Gasteiger charge is 2.81. The predicted octanol–water partition coefficient (Wildman–Crippen LogP) is 1.81. The molecule has 4 fully saturated rings. The number of Topliss-reactive ketones (excluding diaryl/α,β-unsaturated/α-hetero) is 1. The molecule has 1 unspecified atom stereocenters. The number of anilines is 1. The van der Waals surface area contributed by atoms with E-state index in [0.29, 0.717) is 25.1 Å². The fraction of sp³-hybridized carbons (Fsp3) is 0.619. The summed E-state index contributed by atoms with van der Waals surface area (Å²) in [5, 5.41) is 14.0. The zero-order chi connectivity index (χ0) is 18.6. The molecule has 1 aromatic rings. The van der Waals surface area contributed by atoms with Gasteiger partial charge < -0.3 is 15.2 Å². The van der Waals surface area contributed by atoms with Crippen molar-refractivity contribution < 1.29 is 19.4 Å². The van der Waals surface area contributed by atoms with Gasteiger partial charge in [-0.25, -0.2) is 4.79 Å². The number of para-hydroxylation sites is 1. The smallest absolute Gasteiger partial charge is 0.332 e. The van der Waals surface area contributed by atoms with Crippen molar-refractivity contribution in [2.75, 3.05) is 25.5 Å². The van der Waals surface area contributed by atoms with Gasteiger partial charge in [-0.05, 0) is 49.3 Å². The highest BCUT2D eigenvalue weighted by molar-refractivity contribution is 5.99. The van der Waals surface area contributed by atoms with Crippen LogP contribution in [0, 0.1) is 11.3 Å². The average molecular weight is 368 g/mol. The molecule has 3 aliphatic heterocycles. The second-order valence-corrected chi connectivity index (χ2v) is 9.15. The number of ether oxygens (including phenoxy) is 1. The van der Waals surface area contributed by atoms with Gasteiger partial charge in [-0.2, -0.15) is 0 Å². The number of carbonyl (C=O) groups is 2. The van der Waals surface area contributed by atoms with Crippen molar-refractivity contribution in [3.63, 3.8) is 0 Å². The normalized spacial score (nSPS) is 43.7. The molecule has 2 N–H and O–H groups in total. The van der Waals surface area contributed by atoms with Crippen LogP contribution in [-0.2, 0) is 19.7 Å². The maximum absolute atomic E-state index is 13.4. The summed E-state index contributed by atoms with van der Waals surface area (Å²) in [6.45, 7) is 1.68. The topological polar surface area (TPSA) is 78.9 Å². The van der Waals surface area contributed by atoms with Crippen molar-refractivity contribution in [3.8, 4) is 5.75 Å². The largest absolute Gasteiger partial charge is 0.506 e. The summed E-state index contributed by atoms with van der Waals surface area (Å²) in [5.74, 6) is -0.115. The standard InChI is InChI=1S/C21H24N2O4/c1-27-18(26)20-8-7-19-6-3-9-23-11-13(15(25)10-19)21(20,17(19)23)12-4-2-5-14(24)16(12)22-20/h2,4-5,13,17,22,24H,3,6-11H2,1H3/t13?,17-,19+,20-,21+/m0/s1. The van der Waals surface area contributed by atoms with Crippen LogP contribution in [0.1, 0.15) is 37.7 Å². The van der Waals surface area contributed by atoms with Gasteiger partial charge in [0.25, 0.3) is 0 Å². The van der Waals surface area contributed by atoms with Crippen molar-refractivity contribution in [2.45, 2.75) is 49.1 Å². The molecular formula is C21H24N2O4. The van der Waals surface area contributed by atoms with Gasteiger partial charge in [-0.1, -0.05) is 12.1 Å². The third-order valence-electron chi connectivity index (χ3n) is 8.44. The molecule has 1 aromatic carbocycles. The summed E-state index contributed by atoms with van der Waals surface area (Å²) >= 11 is 0. The molecule has 6 nitrogen and oxygen atoms in total. The summed E-state index contributed by atoms with van der Waals surface area (Å²) in [5.41, 5.74) is -0.143. The summed E-state index contributed by atoms with van der Waals surface area (Å²) in [6, 6.07) is 5.63. The lowest BCUT2D eigenvalue weighted by molar-refractivity contribution is -0.163. The Labute approximate surface area is 157 Å². The number of rotatable bonds is 1. The molecule has 2 saturated carbocycles. The molecule has 6 rings (SSSR count). The van der Waals surface area contributed by atoms with Gasteiger partial charge in [0.05, 0.1) is 18.2 Å². The van der Waals surface area contributed by atoms with Crippen LogP contribution < -0.4 is 5.32 Å². The number of esters is 1. The third-order valence-corrected chi connectivity index (χ3v) is 8.44. The number of nitrogens with zero attached hydrogens (tertiary/aromatic N) is 1. The average Bonchev–Trinajstić information content (AvgIpc) is 3.16.